The van der Waals surface area contributed by atoms with E-state index in [1.165, 1.54) is 64.9 Å². The predicted octanol–water partition coefficient (Wildman–Crippen LogP) is 4.42. The zero-order valence-electron chi connectivity index (χ0n) is 24.3. The van der Waals surface area contributed by atoms with Crippen molar-refractivity contribution in [3.05, 3.63) is 34.6 Å². The van der Waals surface area contributed by atoms with E-state index in [2.05, 4.69) is 9.47 Å². The minimum absolute atomic E-state index is 0.0553. The van der Waals surface area contributed by atoms with E-state index in [0.29, 0.717) is 50.1 Å². The van der Waals surface area contributed by atoms with Gasteiger partial charge < -0.3 is 23.7 Å². The number of piperidine rings is 2. The van der Waals surface area contributed by atoms with Crippen molar-refractivity contribution in [1.82, 2.24) is 14.5 Å². The van der Waals surface area contributed by atoms with Crippen LogP contribution >= 0.6 is 0 Å². The minimum atomic E-state index is -0.984. The highest BCUT2D eigenvalue weighted by atomic mass is 16.7. The van der Waals surface area contributed by atoms with E-state index in [-0.39, 0.29) is 24.1 Å². The van der Waals surface area contributed by atoms with Crippen LogP contribution in [0.15, 0.2) is 29.1 Å². The number of benzene rings is 1. The quantitative estimate of drug-likeness (QED) is 0.505. The van der Waals surface area contributed by atoms with E-state index in [9.17, 15) is 9.59 Å². The number of rotatable bonds is 4. The maximum Gasteiger partial charge on any atom is 0.315 e. The van der Waals surface area contributed by atoms with Gasteiger partial charge in [0.15, 0.2) is 11.6 Å². The number of hydrogen-bond acceptors (Lipinski definition) is 8. The number of fused-ring (bicyclic) bond motifs is 3. The molecule has 5 fully saturated rings. The summed E-state index contributed by atoms with van der Waals surface area (Å²) in [5, 5.41) is 0. The molecule has 5 heterocycles. The van der Waals surface area contributed by atoms with Crippen LogP contribution in [0.4, 0.5) is 5.82 Å². The fourth-order valence-corrected chi connectivity index (χ4v) is 8.75. The van der Waals surface area contributed by atoms with Crippen LogP contribution in [0.3, 0.4) is 0 Å². The summed E-state index contributed by atoms with van der Waals surface area (Å²) in [5.41, 5.74) is 1.67. The molecule has 3 unspecified atom stereocenters. The van der Waals surface area contributed by atoms with Crippen molar-refractivity contribution in [3.63, 3.8) is 0 Å². The SMILES string of the molecule is COC(=O)C1CN(c2nc3ccccc3n(C3CC4CCC(C3)N4C3CCCCCCC3)c2=O)CCC12OCCO2. The number of anilines is 1. The minimum Gasteiger partial charge on any atom is -0.469 e. The number of nitrogens with zero attached hydrogens (tertiary/aromatic N) is 4. The zero-order valence-corrected chi connectivity index (χ0v) is 24.3. The van der Waals surface area contributed by atoms with Gasteiger partial charge in [-0.05, 0) is 50.7 Å². The van der Waals surface area contributed by atoms with E-state index in [1.807, 2.05) is 29.2 Å². The maximum absolute atomic E-state index is 14.4. The Labute approximate surface area is 242 Å². The highest BCUT2D eigenvalue weighted by Gasteiger charge is 2.53. The van der Waals surface area contributed by atoms with Crippen molar-refractivity contribution in [2.45, 2.75) is 107 Å². The number of hydrogen-bond donors (Lipinski definition) is 0. The molecular formula is C32H44N4O5. The van der Waals surface area contributed by atoms with E-state index < -0.39 is 11.7 Å². The summed E-state index contributed by atoms with van der Waals surface area (Å²) in [5.74, 6) is -1.59. The van der Waals surface area contributed by atoms with Gasteiger partial charge >= 0.3 is 5.97 Å². The normalized spacial score (nSPS) is 30.9. The Kier molecular flexibility index (Phi) is 7.54. The lowest BCUT2D eigenvalue weighted by Gasteiger charge is -2.45. The molecule has 2 bridgehead atoms. The summed E-state index contributed by atoms with van der Waals surface area (Å²) in [6.45, 7) is 1.71. The van der Waals surface area contributed by atoms with Gasteiger partial charge in [-0.3, -0.25) is 14.5 Å². The van der Waals surface area contributed by atoms with Gasteiger partial charge in [-0.2, -0.15) is 0 Å². The maximum atomic E-state index is 14.4. The molecule has 1 spiro atoms. The van der Waals surface area contributed by atoms with Crippen molar-refractivity contribution in [2.75, 3.05) is 38.3 Å². The van der Waals surface area contributed by atoms with Gasteiger partial charge in [0, 0.05) is 43.7 Å². The van der Waals surface area contributed by atoms with Crippen molar-refractivity contribution in [3.8, 4) is 0 Å². The first-order valence-electron chi connectivity index (χ1n) is 16.0. The summed E-state index contributed by atoms with van der Waals surface area (Å²) >= 11 is 0. The first-order chi connectivity index (χ1) is 20.1. The van der Waals surface area contributed by atoms with Gasteiger partial charge in [0.05, 0.1) is 31.4 Å². The van der Waals surface area contributed by atoms with Crippen LogP contribution < -0.4 is 10.5 Å². The second kappa shape index (κ2) is 11.3. The third-order valence-corrected chi connectivity index (χ3v) is 10.6. The molecule has 4 aliphatic heterocycles. The van der Waals surface area contributed by atoms with Crippen molar-refractivity contribution in [1.29, 1.82) is 0 Å². The lowest BCUT2D eigenvalue weighted by atomic mass is 9.89. The highest BCUT2D eigenvalue weighted by Crippen LogP contribution is 2.44. The molecule has 1 aromatic heterocycles. The summed E-state index contributed by atoms with van der Waals surface area (Å²) in [6.07, 6.45) is 14.4. The molecule has 1 aliphatic carbocycles. The Morgan fingerprint density at radius 3 is 2.32 bits per heavy atom. The molecule has 0 radical (unpaired) electrons. The number of aromatic nitrogens is 2. The van der Waals surface area contributed by atoms with Crippen LogP contribution in [0.25, 0.3) is 11.0 Å². The molecule has 41 heavy (non-hydrogen) atoms. The molecule has 2 aromatic rings. The average Bonchev–Trinajstić information content (AvgIpc) is 3.54. The second-order valence-electron chi connectivity index (χ2n) is 12.8. The fourth-order valence-electron chi connectivity index (χ4n) is 8.75. The smallest absolute Gasteiger partial charge is 0.315 e. The number of ether oxygens (including phenoxy) is 3. The van der Waals surface area contributed by atoms with E-state index in [0.717, 1.165) is 23.9 Å². The lowest BCUT2D eigenvalue weighted by molar-refractivity contribution is -0.214. The van der Waals surface area contributed by atoms with Crippen molar-refractivity contribution in [2.24, 2.45) is 5.92 Å². The third kappa shape index (κ3) is 4.87. The Bertz CT molecular complexity index is 1300. The summed E-state index contributed by atoms with van der Waals surface area (Å²) in [7, 11) is 1.39. The monoisotopic (exact) mass is 564 g/mol. The molecule has 9 nitrogen and oxygen atoms in total. The first kappa shape index (κ1) is 27.3. The van der Waals surface area contributed by atoms with Crippen LogP contribution in [0, 0.1) is 5.92 Å². The van der Waals surface area contributed by atoms with Gasteiger partial charge in [-0.25, -0.2) is 4.98 Å². The highest BCUT2D eigenvalue weighted by molar-refractivity contribution is 5.77. The predicted molar refractivity (Wildman–Crippen MR) is 156 cm³/mol. The molecule has 4 saturated heterocycles. The average molecular weight is 565 g/mol. The van der Waals surface area contributed by atoms with E-state index in [1.54, 1.807) is 0 Å². The van der Waals surface area contributed by atoms with Crippen LogP contribution in [0.2, 0.25) is 0 Å². The molecule has 1 aromatic carbocycles. The Morgan fingerprint density at radius 2 is 1.61 bits per heavy atom. The second-order valence-corrected chi connectivity index (χ2v) is 12.8. The van der Waals surface area contributed by atoms with Crippen LogP contribution in [0.5, 0.6) is 0 Å². The Hall–Kier alpha value is -2.49. The molecule has 0 N–H and O–H groups in total. The summed E-state index contributed by atoms with van der Waals surface area (Å²) < 4.78 is 19.1. The van der Waals surface area contributed by atoms with Gasteiger partial charge in [-0.15, -0.1) is 0 Å². The van der Waals surface area contributed by atoms with Crippen molar-refractivity contribution >= 4 is 22.8 Å². The fraction of sp³-hybridized carbons (Fsp3) is 0.719. The van der Waals surface area contributed by atoms with Crippen molar-refractivity contribution < 1.29 is 19.0 Å². The topological polar surface area (TPSA) is 86.1 Å². The van der Waals surface area contributed by atoms with Gasteiger partial charge in [0.25, 0.3) is 5.56 Å². The molecule has 7 rings (SSSR count). The first-order valence-corrected chi connectivity index (χ1v) is 16.0. The summed E-state index contributed by atoms with van der Waals surface area (Å²) in [4.78, 5) is 37.0. The molecule has 1 saturated carbocycles. The Morgan fingerprint density at radius 1 is 0.927 bits per heavy atom. The third-order valence-electron chi connectivity index (χ3n) is 10.6. The number of para-hydroxylation sites is 2. The van der Waals surface area contributed by atoms with E-state index >= 15 is 0 Å². The number of methoxy groups -OCH3 is 1. The number of carbonyl (C=O) groups excluding carboxylic acids is 1. The number of esters is 1. The molecular weight excluding hydrogens is 520 g/mol. The number of carbonyl (C=O) groups is 1. The van der Waals surface area contributed by atoms with Crippen LogP contribution in [-0.4, -0.2) is 77.7 Å². The Balaban J connectivity index is 1.20. The van der Waals surface area contributed by atoms with E-state index in [4.69, 9.17) is 19.2 Å². The zero-order chi connectivity index (χ0) is 28.0. The molecule has 222 valence electrons. The van der Waals surface area contributed by atoms with Gasteiger partial charge in [-0.1, -0.05) is 44.2 Å². The summed E-state index contributed by atoms with van der Waals surface area (Å²) in [6, 6.07) is 9.96. The lowest BCUT2D eigenvalue weighted by Crippen LogP contribution is -2.57. The molecule has 5 aliphatic rings. The van der Waals surface area contributed by atoms with Gasteiger partial charge in [0.1, 0.15) is 5.92 Å². The van der Waals surface area contributed by atoms with Gasteiger partial charge in [0.2, 0.25) is 0 Å². The largest absolute Gasteiger partial charge is 0.469 e. The molecule has 3 atom stereocenters. The molecule has 0 amide bonds. The standard InChI is InChI=1S/C32H44N4O5/c1-39-31(38)26-21-34(16-15-32(26)40-17-18-41-32)29-30(37)36(28-12-8-7-11-27(28)33-29)25-19-23-13-14-24(20-25)35(23)22-9-5-3-2-4-6-10-22/h7-8,11-12,22-26H,2-6,9-10,13-21H2,1H3. The molecule has 9 heteroatoms. The van der Waals surface area contributed by atoms with Crippen LogP contribution in [0.1, 0.15) is 83.1 Å². The van der Waals surface area contributed by atoms with Crippen LogP contribution in [-0.2, 0) is 19.0 Å².